The molecule has 1 heterocycles. The molecule has 0 spiro atoms. The van der Waals surface area contributed by atoms with Crippen molar-refractivity contribution in [3.63, 3.8) is 0 Å². The third kappa shape index (κ3) is 3.90. The first-order valence-electron chi connectivity index (χ1n) is 5.52. The van der Waals surface area contributed by atoms with Crippen molar-refractivity contribution in [2.24, 2.45) is 11.8 Å². The second kappa shape index (κ2) is 5.73. The number of hydrogen-bond donors (Lipinski definition) is 1. The van der Waals surface area contributed by atoms with Crippen LogP contribution in [0.3, 0.4) is 0 Å². The molecular weight excluding hydrogens is 194 g/mol. The summed E-state index contributed by atoms with van der Waals surface area (Å²) in [6.45, 7) is 3.45. The van der Waals surface area contributed by atoms with Crippen LogP contribution in [0.4, 0.5) is 0 Å². The summed E-state index contributed by atoms with van der Waals surface area (Å²) in [5, 5.41) is 6.89. The van der Waals surface area contributed by atoms with Crippen LogP contribution in [-0.2, 0) is 9.59 Å². The Labute approximate surface area is 90.3 Å². The van der Waals surface area contributed by atoms with Crippen molar-refractivity contribution in [2.75, 3.05) is 13.1 Å². The van der Waals surface area contributed by atoms with Crippen molar-refractivity contribution in [2.45, 2.75) is 32.6 Å². The molecule has 0 aromatic carbocycles. The predicted molar refractivity (Wildman–Crippen MR) is 56.4 cm³/mol. The SMILES string of the molecule is CC(=O)N1CCC(C2CC2)CC1.O=CO. The molecule has 2 aliphatic rings. The minimum atomic E-state index is -0.250. The van der Waals surface area contributed by atoms with E-state index >= 15 is 0 Å². The van der Waals surface area contributed by atoms with Gasteiger partial charge in [0, 0.05) is 20.0 Å². The van der Waals surface area contributed by atoms with Crippen molar-refractivity contribution in [3.8, 4) is 0 Å². The van der Waals surface area contributed by atoms with Crippen LogP contribution in [0.2, 0.25) is 0 Å². The fourth-order valence-corrected chi connectivity index (χ4v) is 2.25. The molecular formula is C11H19NO3. The van der Waals surface area contributed by atoms with E-state index in [9.17, 15) is 4.79 Å². The number of carbonyl (C=O) groups is 2. The van der Waals surface area contributed by atoms with Crippen LogP contribution in [0, 0.1) is 11.8 Å². The second-order valence-corrected chi connectivity index (χ2v) is 4.29. The van der Waals surface area contributed by atoms with Crippen LogP contribution >= 0.6 is 0 Å². The maximum absolute atomic E-state index is 11.0. The van der Waals surface area contributed by atoms with Crippen LogP contribution in [-0.4, -0.2) is 35.5 Å². The number of amides is 1. The molecule has 0 radical (unpaired) electrons. The van der Waals surface area contributed by atoms with Gasteiger partial charge in [0.1, 0.15) is 0 Å². The molecule has 1 saturated carbocycles. The lowest BCUT2D eigenvalue weighted by molar-refractivity contribution is -0.130. The van der Waals surface area contributed by atoms with Gasteiger partial charge < -0.3 is 10.0 Å². The molecule has 86 valence electrons. The van der Waals surface area contributed by atoms with Gasteiger partial charge in [-0.3, -0.25) is 9.59 Å². The lowest BCUT2D eigenvalue weighted by atomic mass is 9.92. The number of carboxylic acid groups (broad SMARTS) is 1. The third-order valence-corrected chi connectivity index (χ3v) is 3.27. The van der Waals surface area contributed by atoms with E-state index in [1.165, 1.54) is 25.7 Å². The second-order valence-electron chi connectivity index (χ2n) is 4.29. The predicted octanol–water partition coefficient (Wildman–Crippen LogP) is 1.36. The summed E-state index contributed by atoms with van der Waals surface area (Å²) in [6, 6.07) is 0. The molecule has 0 aromatic rings. The quantitative estimate of drug-likeness (QED) is 0.669. The van der Waals surface area contributed by atoms with Gasteiger partial charge in [0.15, 0.2) is 0 Å². The molecule has 4 heteroatoms. The topological polar surface area (TPSA) is 57.6 Å². The van der Waals surface area contributed by atoms with E-state index < -0.39 is 0 Å². The van der Waals surface area contributed by atoms with Crippen LogP contribution in [0.25, 0.3) is 0 Å². The summed E-state index contributed by atoms with van der Waals surface area (Å²) in [5.41, 5.74) is 0. The van der Waals surface area contributed by atoms with Crippen molar-refractivity contribution in [3.05, 3.63) is 0 Å². The highest BCUT2D eigenvalue weighted by molar-refractivity contribution is 5.73. The largest absolute Gasteiger partial charge is 0.483 e. The fourth-order valence-electron chi connectivity index (χ4n) is 2.25. The lowest BCUT2D eigenvalue weighted by Gasteiger charge is -2.31. The third-order valence-electron chi connectivity index (χ3n) is 3.27. The molecule has 1 saturated heterocycles. The van der Waals surface area contributed by atoms with Crippen LogP contribution in [0.15, 0.2) is 0 Å². The zero-order valence-corrected chi connectivity index (χ0v) is 9.19. The Balaban J connectivity index is 0.000000337. The smallest absolute Gasteiger partial charge is 0.290 e. The molecule has 4 nitrogen and oxygen atoms in total. The minimum absolute atomic E-state index is 0.250. The molecule has 0 bridgehead atoms. The average Bonchev–Trinajstić information content (AvgIpc) is 3.02. The highest BCUT2D eigenvalue weighted by Crippen LogP contribution is 2.41. The first-order chi connectivity index (χ1) is 7.19. The number of likely N-dealkylation sites (tertiary alicyclic amines) is 1. The first-order valence-corrected chi connectivity index (χ1v) is 5.52. The zero-order valence-electron chi connectivity index (χ0n) is 9.19. The molecule has 2 rings (SSSR count). The van der Waals surface area contributed by atoms with E-state index in [1.807, 2.05) is 4.90 Å². The van der Waals surface area contributed by atoms with Crippen molar-refractivity contribution >= 4 is 12.4 Å². The molecule has 1 N–H and O–H groups in total. The highest BCUT2D eigenvalue weighted by Gasteiger charge is 2.33. The first kappa shape index (κ1) is 12.0. The molecule has 15 heavy (non-hydrogen) atoms. The van der Waals surface area contributed by atoms with Gasteiger partial charge in [0.2, 0.25) is 5.91 Å². The van der Waals surface area contributed by atoms with Crippen LogP contribution < -0.4 is 0 Å². The molecule has 1 aliphatic carbocycles. The molecule has 0 atom stereocenters. The van der Waals surface area contributed by atoms with Crippen molar-refractivity contribution < 1.29 is 14.7 Å². The summed E-state index contributed by atoms with van der Waals surface area (Å²) in [5.74, 6) is 2.23. The Morgan fingerprint density at radius 2 is 1.60 bits per heavy atom. The van der Waals surface area contributed by atoms with Crippen LogP contribution in [0.5, 0.6) is 0 Å². The van der Waals surface area contributed by atoms with E-state index in [0.29, 0.717) is 0 Å². The number of rotatable bonds is 1. The van der Waals surface area contributed by atoms with Gasteiger partial charge in [-0.2, -0.15) is 0 Å². The Bertz CT molecular complexity index is 218. The van der Waals surface area contributed by atoms with E-state index in [1.54, 1.807) is 6.92 Å². The molecule has 1 aliphatic heterocycles. The molecule has 2 fully saturated rings. The number of hydrogen-bond acceptors (Lipinski definition) is 2. The Morgan fingerprint density at radius 1 is 1.20 bits per heavy atom. The normalized spacial score (nSPS) is 21.5. The van der Waals surface area contributed by atoms with E-state index in [0.717, 1.165) is 24.9 Å². The summed E-state index contributed by atoms with van der Waals surface area (Å²) in [6.07, 6.45) is 5.41. The maximum atomic E-state index is 11.0. The standard InChI is InChI=1S/C10H17NO.CH2O2/c1-8(12)11-6-4-10(5-7-11)9-2-3-9;2-1-3/h9-10H,2-7H2,1H3;1H,(H,2,3). The van der Waals surface area contributed by atoms with Gasteiger partial charge in [-0.15, -0.1) is 0 Å². The number of piperidine rings is 1. The van der Waals surface area contributed by atoms with Gasteiger partial charge >= 0.3 is 0 Å². The van der Waals surface area contributed by atoms with Gasteiger partial charge in [-0.1, -0.05) is 0 Å². The molecule has 0 aromatic heterocycles. The minimum Gasteiger partial charge on any atom is -0.483 e. The van der Waals surface area contributed by atoms with Gasteiger partial charge in [-0.05, 0) is 37.5 Å². The molecule has 0 unspecified atom stereocenters. The van der Waals surface area contributed by atoms with Crippen LogP contribution in [0.1, 0.15) is 32.6 Å². The van der Waals surface area contributed by atoms with Gasteiger partial charge in [-0.25, -0.2) is 0 Å². The summed E-state index contributed by atoms with van der Waals surface area (Å²) in [4.78, 5) is 21.4. The maximum Gasteiger partial charge on any atom is 0.290 e. The monoisotopic (exact) mass is 213 g/mol. The van der Waals surface area contributed by atoms with Gasteiger partial charge in [0.25, 0.3) is 6.47 Å². The highest BCUT2D eigenvalue weighted by atomic mass is 16.3. The van der Waals surface area contributed by atoms with E-state index in [4.69, 9.17) is 9.90 Å². The lowest BCUT2D eigenvalue weighted by Crippen LogP contribution is -2.37. The number of carbonyl (C=O) groups excluding carboxylic acids is 1. The van der Waals surface area contributed by atoms with Crippen molar-refractivity contribution in [1.82, 2.24) is 4.90 Å². The average molecular weight is 213 g/mol. The molecule has 1 amide bonds. The Kier molecular flexibility index (Phi) is 4.59. The number of nitrogens with zero attached hydrogens (tertiary/aromatic N) is 1. The summed E-state index contributed by atoms with van der Waals surface area (Å²) in [7, 11) is 0. The van der Waals surface area contributed by atoms with E-state index in [-0.39, 0.29) is 12.4 Å². The van der Waals surface area contributed by atoms with Crippen molar-refractivity contribution in [1.29, 1.82) is 0 Å². The zero-order chi connectivity index (χ0) is 11.3. The fraction of sp³-hybridized carbons (Fsp3) is 0.818. The summed E-state index contributed by atoms with van der Waals surface area (Å²) < 4.78 is 0. The Morgan fingerprint density at radius 3 is 1.93 bits per heavy atom. The van der Waals surface area contributed by atoms with E-state index in [2.05, 4.69) is 0 Å². The van der Waals surface area contributed by atoms with Gasteiger partial charge in [0.05, 0.1) is 0 Å². The Hall–Kier alpha value is -1.06. The summed E-state index contributed by atoms with van der Waals surface area (Å²) >= 11 is 0.